The second-order valence-electron chi connectivity index (χ2n) is 38.5. The van der Waals surface area contributed by atoms with E-state index in [1.165, 1.54) is 10.9 Å². The first-order valence-electron chi connectivity index (χ1n) is 49.3. The number of carbonyl (C=O) groups excluding carboxylic acids is 8. The van der Waals surface area contributed by atoms with Gasteiger partial charge in [-0.3, -0.25) is 66.7 Å². The van der Waals surface area contributed by atoms with E-state index in [9.17, 15) is 57.5 Å². The first-order valence-corrected chi connectivity index (χ1v) is 49.3. The number of nitrogens with zero attached hydrogens (tertiary/aromatic N) is 12. The number of hydrogen-bond acceptors (Lipinski definition) is 23. The molecular weight excluding hydrogens is 1830 g/mol. The predicted molar refractivity (Wildman–Crippen MR) is 540 cm³/mol. The number of ether oxygens (including phenoxy) is 7. The zero-order valence-corrected chi connectivity index (χ0v) is 83.0. The molecule has 1 saturated heterocycles. The van der Waals surface area contributed by atoms with Crippen LogP contribution in [0.5, 0.6) is 23.0 Å². The Hall–Kier alpha value is -15.4. The summed E-state index contributed by atoms with van der Waals surface area (Å²) in [4.78, 5) is 164. The number of benzene rings is 8. The monoisotopic (exact) mass is 1950 g/mol. The number of esters is 2. The van der Waals surface area contributed by atoms with Crippen LogP contribution >= 0.6 is 0 Å². The molecule has 4 aromatic heterocycles. The van der Waals surface area contributed by atoms with Gasteiger partial charge in [-0.15, -0.1) is 0 Å². The molecule has 5 aliphatic heterocycles. The van der Waals surface area contributed by atoms with Crippen LogP contribution in [0.1, 0.15) is 256 Å². The van der Waals surface area contributed by atoms with Gasteiger partial charge >= 0.3 is 24.2 Å². The molecule has 6 aliphatic rings. The molecule has 4 amide bonds. The molecule has 1 aliphatic carbocycles. The lowest BCUT2D eigenvalue weighted by Crippen LogP contribution is -2.50. The maximum absolute atomic E-state index is 13.7. The standard InChI is InChI=1S/C29H31N3O5.C29H31N3O4.C28H31N3O5.C27H29N3O5/c1-19(2)31-18-23(25(20-9-5-3-6-10-20)21-11-7-4-8-12-21)32-26(28(31)34)27(24(33)17-30-32)37-29(35)22-13-15-36-16-14-22;1-19(2)31-18-23(25(20-11-5-3-6-12-20)21-13-7-4-8-14-21)32-26(28(31)34)27(24(33)17-30-32)36-29(35)22-15-9-10-16-22;1-18(2)17-35-28(34)36-26-23(32)15-29-31-22(16-30(19(3)4)27(33)25(26)31)24(20-11-7-5-8-12-20)21-13-9-6-10-14-21;1-17(2)29-16-21(23(19-11-7-5-8-12-19)20-13-9-6-10-14-20)30-24(26(29)32)25(22(31)15-28-30)35-27(33)34-18(3)4/h3-12,17,19,22-23,25H,13-16,18H2,1-2H3;3-8,11-14,17,19,22-23,25H,9-10,15-16,18H2,1-2H3;5-15,18-19,22,24H,16-17H2,1-4H3;5-15,17-18,21,23H,16H2,1-4H3. The minimum atomic E-state index is -1.04. The van der Waals surface area contributed by atoms with Gasteiger partial charge < -0.3 is 52.8 Å². The highest BCUT2D eigenvalue weighted by molar-refractivity contribution is 5.99. The van der Waals surface area contributed by atoms with E-state index >= 15 is 0 Å². The first kappa shape index (κ1) is 103. The summed E-state index contributed by atoms with van der Waals surface area (Å²) in [6.45, 7) is 25.1. The third-order valence-corrected chi connectivity index (χ3v) is 26.7. The Kier molecular flexibility index (Phi) is 33.6. The molecule has 0 bridgehead atoms. The lowest BCUT2D eigenvalue weighted by molar-refractivity contribution is -0.142. The summed E-state index contributed by atoms with van der Waals surface area (Å²) < 4.78 is 43.9. The Labute approximate surface area is 835 Å². The molecule has 144 heavy (non-hydrogen) atoms. The Morgan fingerprint density at radius 1 is 0.306 bits per heavy atom. The molecule has 31 heteroatoms. The van der Waals surface area contributed by atoms with Gasteiger partial charge in [0, 0.05) is 87.2 Å². The van der Waals surface area contributed by atoms with Gasteiger partial charge in [-0.25, -0.2) is 9.59 Å². The van der Waals surface area contributed by atoms with E-state index in [4.69, 9.17) is 33.2 Å². The Balaban J connectivity index is 0.000000144. The summed E-state index contributed by atoms with van der Waals surface area (Å²) in [5.41, 5.74) is 5.93. The highest BCUT2D eigenvalue weighted by Gasteiger charge is 2.48. The van der Waals surface area contributed by atoms with Crippen LogP contribution in [0.2, 0.25) is 0 Å². The molecule has 18 rings (SSSR count). The average Bonchev–Trinajstić information content (AvgIpc) is 0.803. The van der Waals surface area contributed by atoms with Crippen LogP contribution in [-0.2, 0) is 23.8 Å². The van der Waals surface area contributed by atoms with Crippen molar-refractivity contribution in [1.29, 1.82) is 0 Å². The molecule has 0 spiro atoms. The van der Waals surface area contributed by atoms with Gasteiger partial charge in [0.1, 0.15) is 0 Å². The SMILES string of the molecule is CC(C)COC(=O)Oc1c2n(ncc1=O)C(C(c1ccccc1)c1ccccc1)CN(C(C)C)C2=O.CC(C)N1CC(C(c2ccccc2)c2ccccc2)n2ncc(=O)c(OC(=O)C3CCCC3)c2C1=O.CC(C)N1CC(C(c2ccccc2)c2ccccc2)n2ncc(=O)c(OC(=O)C3CCOCC3)c2C1=O.CC(C)OC(=O)Oc1c2n(ncc1=O)C(C(c1ccccc1)c1ccccc1)CN(C(C)C)C2=O. The second-order valence-corrected chi connectivity index (χ2v) is 38.5. The van der Waals surface area contributed by atoms with E-state index in [2.05, 4.69) is 68.9 Å². The third-order valence-electron chi connectivity index (χ3n) is 26.7. The molecule has 31 nitrogen and oxygen atoms in total. The maximum atomic E-state index is 13.7. The molecule has 12 aromatic rings. The van der Waals surface area contributed by atoms with Crippen molar-refractivity contribution in [2.45, 2.75) is 200 Å². The number of hydrogen-bond donors (Lipinski definition) is 0. The zero-order chi connectivity index (χ0) is 102. The minimum Gasteiger partial charge on any atom is -0.434 e. The first-order chi connectivity index (χ1) is 69.5. The van der Waals surface area contributed by atoms with Gasteiger partial charge in [0.15, 0.2) is 22.8 Å². The van der Waals surface area contributed by atoms with Crippen molar-refractivity contribution in [3.63, 3.8) is 0 Å². The molecule has 1 saturated carbocycles. The van der Waals surface area contributed by atoms with E-state index in [1.54, 1.807) is 47.5 Å². The Bertz CT molecular complexity index is 6600. The van der Waals surface area contributed by atoms with Crippen molar-refractivity contribution < 1.29 is 71.5 Å². The average molecular weight is 1950 g/mol. The van der Waals surface area contributed by atoms with Crippen molar-refractivity contribution in [3.8, 4) is 23.0 Å². The molecule has 0 radical (unpaired) electrons. The fourth-order valence-electron chi connectivity index (χ4n) is 19.7. The van der Waals surface area contributed by atoms with Crippen molar-refractivity contribution in [2.24, 2.45) is 17.8 Å². The minimum absolute atomic E-state index is 0.0229. The molecule has 4 unspecified atom stereocenters. The van der Waals surface area contributed by atoms with Gasteiger partial charge in [-0.05, 0) is 145 Å². The summed E-state index contributed by atoms with van der Waals surface area (Å²) in [5, 5.41) is 17.6. The smallest absolute Gasteiger partial charge is 0.434 e. The molecule has 9 heterocycles. The van der Waals surface area contributed by atoms with Crippen molar-refractivity contribution >= 4 is 47.9 Å². The predicted octanol–water partition coefficient (Wildman–Crippen LogP) is 17.4. The van der Waals surface area contributed by atoms with Crippen LogP contribution < -0.4 is 40.7 Å². The van der Waals surface area contributed by atoms with Crippen LogP contribution in [0, 0.1) is 17.8 Å². The third kappa shape index (κ3) is 23.3. The Morgan fingerprint density at radius 3 is 0.750 bits per heavy atom. The maximum Gasteiger partial charge on any atom is 0.514 e. The lowest BCUT2D eigenvalue weighted by atomic mass is 9.83. The van der Waals surface area contributed by atoms with Gasteiger partial charge in [0.05, 0.1) is 73.5 Å². The quantitative estimate of drug-likeness (QED) is 0.0480. The molecule has 2 fully saturated rings. The highest BCUT2D eigenvalue weighted by atomic mass is 16.7. The van der Waals surface area contributed by atoms with Gasteiger partial charge in [-0.1, -0.05) is 269 Å². The highest BCUT2D eigenvalue weighted by Crippen LogP contribution is 2.46. The van der Waals surface area contributed by atoms with Crippen LogP contribution in [0.3, 0.4) is 0 Å². The van der Waals surface area contributed by atoms with Crippen LogP contribution in [0.4, 0.5) is 9.59 Å². The van der Waals surface area contributed by atoms with E-state index in [0.29, 0.717) is 52.2 Å². The number of carbonyl (C=O) groups is 8. The van der Waals surface area contributed by atoms with Gasteiger partial charge in [0.2, 0.25) is 44.7 Å². The number of fused-ring (bicyclic) bond motifs is 4. The summed E-state index contributed by atoms with van der Waals surface area (Å²) in [6, 6.07) is 78.2. The topological polar surface area (TPSA) is 354 Å². The van der Waals surface area contributed by atoms with E-state index < -0.39 is 63.9 Å². The normalized spacial score (nSPS) is 16.8. The fraction of sp³-hybridized carbons (Fsp3) is 0.363. The van der Waals surface area contributed by atoms with Gasteiger partial charge in [0.25, 0.3) is 23.6 Å². The van der Waals surface area contributed by atoms with E-state index in [-0.39, 0.29) is 154 Å². The van der Waals surface area contributed by atoms with E-state index in [1.807, 2.05) is 263 Å². The van der Waals surface area contributed by atoms with Crippen molar-refractivity contribution in [1.82, 2.24) is 58.7 Å². The number of amides is 4. The van der Waals surface area contributed by atoms with Crippen LogP contribution in [0.15, 0.2) is 287 Å². The fourth-order valence-corrected chi connectivity index (χ4v) is 19.7. The van der Waals surface area contributed by atoms with E-state index in [0.717, 1.165) is 88.8 Å². The van der Waals surface area contributed by atoms with Gasteiger partial charge in [-0.2, -0.15) is 20.4 Å². The number of aromatic nitrogens is 8. The summed E-state index contributed by atoms with van der Waals surface area (Å²) in [5.74, 6) is -4.89. The second kappa shape index (κ2) is 47.0. The van der Waals surface area contributed by atoms with Crippen LogP contribution in [-0.4, -0.2) is 183 Å². The largest absolute Gasteiger partial charge is 0.514 e. The van der Waals surface area contributed by atoms with Crippen molar-refractivity contribution in [3.05, 3.63) is 376 Å². The van der Waals surface area contributed by atoms with Crippen LogP contribution in [0.25, 0.3) is 0 Å². The molecule has 748 valence electrons. The van der Waals surface area contributed by atoms with Crippen molar-refractivity contribution in [2.75, 3.05) is 46.0 Å². The Morgan fingerprint density at radius 2 is 0.528 bits per heavy atom. The number of rotatable bonds is 25. The molecule has 8 aromatic carbocycles. The lowest BCUT2D eigenvalue weighted by Gasteiger charge is -2.41. The summed E-state index contributed by atoms with van der Waals surface area (Å²) in [7, 11) is 0. The summed E-state index contributed by atoms with van der Waals surface area (Å²) >= 11 is 0. The molecular formula is C113H122N12O19. The summed E-state index contributed by atoms with van der Waals surface area (Å²) in [6.07, 6.45) is 6.43. The molecule has 4 atom stereocenters. The zero-order valence-electron chi connectivity index (χ0n) is 83.0. The molecule has 0 N–H and O–H groups in total.